The second-order valence-corrected chi connectivity index (χ2v) is 5.97. The third-order valence-electron chi connectivity index (χ3n) is 3.69. The van der Waals surface area contributed by atoms with Gasteiger partial charge >= 0.3 is 0 Å². The van der Waals surface area contributed by atoms with E-state index >= 15 is 0 Å². The maximum Gasteiger partial charge on any atom is 0.272 e. The Morgan fingerprint density at radius 3 is 2.31 bits per heavy atom. The number of carbonyl (C=O) groups excluding carboxylic acids is 2. The van der Waals surface area contributed by atoms with Gasteiger partial charge < -0.3 is 15.4 Å². The summed E-state index contributed by atoms with van der Waals surface area (Å²) in [6.07, 6.45) is 2.69. The predicted molar refractivity (Wildman–Crippen MR) is 104 cm³/mol. The first-order valence-electron chi connectivity index (χ1n) is 8.60. The first-order valence-corrected chi connectivity index (χ1v) is 8.60. The van der Waals surface area contributed by atoms with Gasteiger partial charge in [-0.1, -0.05) is 37.3 Å². The molecule has 2 N–H and O–H groups in total. The number of nitrogens with one attached hydrogen (secondary N) is 2. The van der Waals surface area contributed by atoms with Crippen LogP contribution in [0.15, 0.2) is 60.3 Å². The Hall–Kier alpha value is -3.08. The number of carbonyl (C=O) groups is 2. The Kier molecular flexibility index (Phi) is 6.97. The van der Waals surface area contributed by atoms with Crippen LogP contribution in [0.25, 0.3) is 6.08 Å². The molecule has 2 amide bonds. The highest BCUT2D eigenvalue weighted by Crippen LogP contribution is 2.18. The van der Waals surface area contributed by atoms with Crippen LogP contribution in [0.1, 0.15) is 32.8 Å². The van der Waals surface area contributed by atoms with Gasteiger partial charge in [-0.2, -0.15) is 0 Å². The number of anilines is 1. The third-order valence-corrected chi connectivity index (χ3v) is 3.69. The molecule has 2 aromatic rings. The first-order chi connectivity index (χ1) is 12.5. The quantitative estimate of drug-likeness (QED) is 0.741. The Balaban J connectivity index is 2.11. The van der Waals surface area contributed by atoms with Crippen molar-refractivity contribution in [3.63, 3.8) is 0 Å². The monoisotopic (exact) mass is 352 g/mol. The van der Waals surface area contributed by atoms with E-state index in [4.69, 9.17) is 4.74 Å². The molecule has 136 valence electrons. The van der Waals surface area contributed by atoms with Crippen LogP contribution >= 0.6 is 0 Å². The molecular weight excluding hydrogens is 328 g/mol. The molecule has 0 aliphatic heterocycles. The number of hydrogen-bond donors (Lipinski definition) is 2. The second kappa shape index (κ2) is 9.42. The van der Waals surface area contributed by atoms with Gasteiger partial charge in [0, 0.05) is 12.6 Å². The normalized spacial score (nSPS) is 12.2. The van der Waals surface area contributed by atoms with Crippen molar-refractivity contribution in [3.05, 3.63) is 65.9 Å². The standard InChI is InChI=1S/C21H24N2O3/c1-4-15(2)26-19-12-10-18(11-13-19)23-21(25)20(22-16(3)24)14-17-8-6-5-7-9-17/h5-15H,4H2,1-3H3,(H,22,24)(H,23,25)/b20-14-. The number of amides is 2. The summed E-state index contributed by atoms with van der Waals surface area (Å²) in [7, 11) is 0. The second-order valence-electron chi connectivity index (χ2n) is 5.97. The summed E-state index contributed by atoms with van der Waals surface area (Å²) in [4.78, 5) is 24.0. The summed E-state index contributed by atoms with van der Waals surface area (Å²) in [5, 5.41) is 5.36. The average molecular weight is 352 g/mol. The van der Waals surface area contributed by atoms with Crippen LogP contribution < -0.4 is 15.4 Å². The van der Waals surface area contributed by atoms with E-state index in [0.29, 0.717) is 5.69 Å². The van der Waals surface area contributed by atoms with Crippen LogP contribution in [0.3, 0.4) is 0 Å². The topological polar surface area (TPSA) is 67.4 Å². The van der Waals surface area contributed by atoms with E-state index in [-0.39, 0.29) is 23.6 Å². The molecule has 0 radical (unpaired) electrons. The zero-order valence-corrected chi connectivity index (χ0v) is 15.3. The van der Waals surface area contributed by atoms with Crippen molar-refractivity contribution in [2.24, 2.45) is 0 Å². The molecule has 0 aromatic heterocycles. The van der Waals surface area contributed by atoms with Gasteiger partial charge in [-0.15, -0.1) is 0 Å². The van der Waals surface area contributed by atoms with Crippen molar-refractivity contribution >= 4 is 23.6 Å². The van der Waals surface area contributed by atoms with Crippen LogP contribution in [0, 0.1) is 0 Å². The molecule has 0 aliphatic carbocycles. The maximum absolute atomic E-state index is 12.5. The molecule has 0 bridgehead atoms. The molecule has 26 heavy (non-hydrogen) atoms. The van der Waals surface area contributed by atoms with Crippen molar-refractivity contribution in [2.75, 3.05) is 5.32 Å². The van der Waals surface area contributed by atoms with Gasteiger partial charge in [0.1, 0.15) is 11.4 Å². The fraction of sp³-hybridized carbons (Fsp3) is 0.238. The molecule has 0 fully saturated rings. The molecule has 0 saturated heterocycles. The van der Waals surface area contributed by atoms with Crippen molar-refractivity contribution < 1.29 is 14.3 Å². The highest BCUT2D eigenvalue weighted by molar-refractivity contribution is 6.08. The van der Waals surface area contributed by atoms with Crippen molar-refractivity contribution in [1.29, 1.82) is 0 Å². The van der Waals surface area contributed by atoms with Gasteiger partial charge in [0.15, 0.2) is 0 Å². The van der Waals surface area contributed by atoms with E-state index < -0.39 is 0 Å². The highest BCUT2D eigenvalue weighted by Gasteiger charge is 2.12. The summed E-state index contributed by atoms with van der Waals surface area (Å²) in [6, 6.07) is 16.5. The van der Waals surface area contributed by atoms with Crippen molar-refractivity contribution in [2.45, 2.75) is 33.3 Å². The average Bonchev–Trinajstić information content (AvgIpc) is 2.63. The third kappa shape index (κ3) is 6.09. The molecule has 0 spiro atoms. The number of ether oxygens (including phenoxy) is 1. The SMILES string of the molecule is CCC(C)Oc1ccc(NC(=O)/C(=C/c2ccccc2)NC(C)=O)cc1. The minimum atomic E-state index is -0.389. The van der Waals surface area contributed by atoms with Crippen LogP contribution in [0.2, 0.25) is 0 Å². The van der Waals surface area contributed by atoms with E-state index in [1.54, 1.807) is 30.3 Å². The van der Waals surface area contributed by atoms with Crippen molar-refractivity contribution in [1.82, 2.24) is 5.32 Å². The van der Waals surface area contributed by atoms with E-state index in [0.717, 1.165) is 17.7 Å². The lowest BCUT2D eigenvalue weighted by atomic mass is 10.2. The molecule has 1 unspecified atom stereocenters. The first kappa shape index (κ1) is 19.2. The molecule has 0 saturated carbocycles. The summed E-state index contributed by atoms with van der Waals surface area (Å²) < 4.78 is 5.72. The van der Waals surface area contributed by atoms with E-state index in [2.05, 4.69) is 17.6 Å². The molecule has 5 nitrogen and oxygen atoms in total. The Labute approximate surface area is 154 Å². The molecule has 0 aliphatic rings. The largest absolute Gasteiger partial charge is 0.491 e. The Morgan fingerprint density at radius 2 is 1.73 bits per heavy atom. The molecule has 5 heteroatoms. The molecule has 0 heterocycles. The Morgan fingerprint density at radius 1 is 1.08 bits per heavy atom. The van der Waals surface area contributed by atoms with Gasteiger partial charge in [0.25, 0.3) is 5.91 Å². The lowest BCUT2D eigenvalue weighted by Crippen LogP contribution is -2.28. The molecule has 1 atom stereocenters. The van der Waals surface area contributed by atoms with Gasteiger partial charge in [-0.25, -0.2) is 0 Å². The van der Waals surface area contributed by atoms with Crippen LogP contribution in [0.4, 0.5) is 5.69 Å². The van der Waals surface area contributed by atoms with Crippen LogP contribution in [0.5, 0.6) is 5.75 Å². The number of hydrogen-bond acceptors (Lipinski definition) is 3. The summed E-state index contributed by atoms with van der Waals surface area (Å²) >= 11 is 0. The Bertz CT molecular complexity index is 768. The summed E-state index contributed by atoms with van der Waals surface area (Å²) in [5.74, 6) is 0.0542. The van der Waals surface area contributed by atoms with Crippen molar-refractivity contribution in [3.8, 4) is 5.75 Å². The minimum absolute atomic E-state index is 0.135. The number of rotatable bonds is 7. The van der Waals surface area contributed by atoms with Gasteiger partial charge in [-0.3, -0.25) is 9.59 Å². The number of benzene rings is 2. The smallest absolute Gasteiger partial charge is 0.272 e. The zero-order chi connectivity index (χ0) is 18.9. The lowest BCUT2D eigenvalue weighted by molar-refractivity contribution is -0.120. The molecule has 2 aromatic carbocycles. The van der Waals surface area contributed by atoms with Gasteiger partial charge in [0.2, 0.25) is 5.91 Å². The molecular formula is C21H24N2O3. The van der Waals surface area contributed by atoms with Gasteiger partial charge in [-0.05, 0) is 49.2 Å². The fourth-order valence-electron chi connectivity index (χ4n) is 2.19. The molecule has 2 rings (SSSR count). The highest BCUT2D eigenvalue weighted by atomic mass is 16.5. The lowest BCUT2D eigenvalue weighted by Gasteiger charge is -2.13. The summed E-state index contributed by atoms with van der Waals surface area (Å²) in [6.45, 7) is 5.43. The van der Waals surface area contributed by atoms with E-state index in [1.807, 2.05) is 37.3 Å². The zero-order valence-electron chi connectivity index (χ0n) is 15.3. The van der Waals surface area contributed by atoms with Crippen LogP contribution in [-0.2, 0) is 9.59 Å². The fourth-order valence-corrected chi connectivity index (χ4v) is 2.19. The van der Waals surface area contributed by atoms with Gasteiger partial charge in [0.05, 0.1) is 6.10 Å². The summed E-state index contributed by atoms with van der Waals surface area (Å²) in [5.41, 5.74) is 1.63. The van der Waals surface area contributed by atoms with E-state index in [1.165, 1.54) is 6.92 Å². The maximum atomic E-state index is 12.5. The van der Waals surface area contributed by atoms with E-state index in [9.17, 15) is 9.59 Å². The predicted octanol–water partition coefficient (Wildman–Crippen LogP) is 3.98. The minimum Gasteiger partial charge on any atom is -0.491 e. The van der Waals surface area contributed by atoms with Crippen LogP contribution in [-0.4, -0.2) is 17.9 Å².